The molecule has 11 nitrogen and oxygen atoms in total. The summed E-state index contributed by atoms with van der Waals surface area (Å²) in [6.07, 6.45) is 20.0. The predicted octanol–water partition coefficient (Wildman–Crippen LogP) is 9.23. The Kier molecular flexibility index (Phi) is 19.4. The molecule has 1 fully saturated rings. The number of aliphatic hydroxyl groups is 2. The van der Waals surface area contributed by atoms with Crippen molar-refractivity contribution in [2.24, 2.45) is 0 Å². The highest BCUT2D eigenvalue weighted by Crippen LogP contribution is 2.51. The molecule has 3 aromatic rings. The van der Waals surface area contributed by atoms with Gasteiger partial charge in [-0.2, -0.15) is 10.4 Å². The highest BCUT2D eigenvalue weighted by Gasteiger charge is 2.57. The van der Waals surface area contributed by atoms with Crippen molar-refractivity contribution in [2.45, 2.75) is 159 Å². The molecule has 1 unspecified atom stereocenters. The Hall–Kier alpha value is -2.35. The number of nitrogen functional groups attached to an aromatic ring is 1. The van der Waals surface area contributed by atoms with Crippen LogP contribution >= 0.6 is 15.8 Å². The Morgan fingerprint density at radius 1 is 0.889 bits per heavy atom. The van der Waals surface area contributed by atoms with Crippen LogP contribution in [0.25, 0.3) is 5.52 Å². The molecule has 54 heavy (non-hydrogen) atoms. The molecule has 2 aromatic heterocycles. The van der Waals surface area contributed by atoms with E-state index in [9.17, 15) is 20.4 Å². The standard InChI is InChI=1S/C41H64N4O7P2/c1-2-3-4-5-6-7-8-9-10-11-12-13-14-15-16-17-21-24-34(49-29-33-22-19-18-20-23-33)30-50-54(48,53)51-31-37-39(46)40(47)41(32-42,52-37)38-26-25-36-35(43)27-28-44-45(36)38/h18-20,22-23,25-28,34,37,39-40,46-48,53H,2-17,21,24,29-31,43H2,1H3/t34-,37-,39-,40-,41+,54?/m1/s1. The molecule has 1 aliphatic rings. The zero-order valence-corrected chi connectivity index (χ0v) is 34.1. The van der Waals surface area contributed by atoms with Gasteiger partial charge in [-0.3, -0.25) is 0 Å². The van der Waals surface area contributed by atoms with E-state index in [1.807, 2.05) is 36.4 Å². The number of anilines is 1. The number of rotatable bonds is 28. The lowest BCUT2D eigenvalue weighted by molar-refractivity contribution is -0.0637. The first-order valence-corrected chi connectivity index (χ1v) is 23.1. The van der Waals surface area contributed by atoms with Crippen LogP contribution in [0.15, 0.2) is 54.7 Å². The number of fused-ring (bicyclic) bond motifs is 1. The summed E-state index contributed by atoms with van der Waals surface area (Å²) in [5, 5.41) is 36.4. The third kappa shape index (κ3) is 13.7. The van der Waals surface area contributed by atoms with Gasteiger partial charge >= 0.3 is 0 Å². The molecule has 3 heterocycles. The van der Waals surface area contributed by atoms with E-state index in [0.29, 0.717) is 17.8 Å². The lowest BCUT2D eigenvalue weighted by Gasteiger charge is -2.25. The summed E-state index contributed by atoms with van der Waals surface area (Å²) in [6, 6.07) is 16.8. The van der Waals surface area contributed by atoms with Gasteiger partial charge in [0.2, 0.25) is 5.60 Å². The van der Waals surface area contributed by atoms with E-state index in [1.54, 1.807) is 18.2 Å². The van der Waals surface area contributed by atoms with Crippen LogP contribution in [0.3, 0.4) is 0 Å². The van der Waals surface area contributed by atoms with Crippen LogP contribution < -0.4 is 5.73 Å². The topological polar surface area (TPSA) is 165 Å². The molecule has 300 valence electrons. The fourth-order valence-corrected chi connectivity index (χ4v) is 8.37. The summed E-state index contributed by atoms with van der Waals surface area (Å²) < 4.78 is 25.2. The number of nitrogens with zero attached hydrogens (tertiary/aromatic N) is 3. The SMILES string of the molecule is CCCCCCCCCCCCCCCCCCC[C@H](COP(O)(=P)OC[C@H]1O[C@@](C#N)(c2ccc3c(N)ccnn23)[C@H](O)[C@@H]1O)OCc1ccccc1. The molecule has 5 N–H and O–H groups in total. The minimum atomic E-state index is -3.59. The summed E-state index contributed by atoms with van der Waals surface area (Å²) >= 11 is 0. The molecule has 0 aliphatic carbocycles. The van der Waals surface area contributed by atoms with Crippen LogP contribution in [0.5, 0.6) is 0 Å². The van der Waals surface area contributed by atoms with Gasteiger partial charge in [0.25, 0.3) is 7.23 Å². The smallest absolute Gasteiger partial charge is 0.274 e. The number of aliphatic hydroxyl groups excluding tert-OH is 2. The van der Waals surface area contributed by atoms with E-state index >= 15 is 0 Å². The number of ether oxygens (including phenoxy) is 2. The maximum Gasteiger partial charge on any atom is 0.274 e. The normalized spacial score (nSPS) is 21.6. The van der Waals surface area contributed by atoms with Crippen LogP contribution in [0.1, 0.15) is 134 Å². The van der Waals surface area contributed by atoms with Crippen LogP contribution in [-0.4, -0.2) is 62.4 Å². The predicted molar refractivity (Wildman–Crippen MR) is 217 cm³/mol. The van der Waals surface area contributed by atoms with Gasteiger partial charge in [-0.25, -0.2) is 4.52 Å². The lowest BCUT2D eigenvalue weighted by atomic mass is 9.92. The molecular weight excluding hydrogens is 722 g/mol. The van der Waals surface area contributed by atoms with Gasteiger partial charge in [0.05, 0.1) is 42.8 Å². The molecule has 0 radical (unpaired) electrons. The fourth-order valence-electron chi connectivity index (χ4n) is 7.13. The van der Waals surface area contributed by atoms with Crippen LogP contribution in [0, 0.1) is 11.3 Å². The summed E-state index contributed by atoms with van der Waals surface area (Å²) in [7, 11) is -0.323. The molecule has 1 aromatic carbocycles. The first kappa shape index (κ1) is 44.4. The molecule has 1 saturated heterocycles. The largest absolute Gasteiger partial charge is 0.397 e. The van der Waals surface area contributed by atoms with E-state index in [-0.39, 0.29) is 25.0 Å². The van der Waals surface area contributed by atoms with E-state index in [4.69, 9.17) is 24.3 Å². The van der Waals surface area contributed by atoms with E-state index in [2.05, 4.69) is 20.5 Å². The Labute approximate surface area is 324 Å². The Morgan fingerprint density at radius 2 is 1.48 bits per heavy atom. The van der Waals surface area contributed by atoms with Crippen molar-refractivity contribution in [3.8, 4) is 6.07 Å². The Balaban J connectivity index is 1.17. The van der Waals surface area contributed by atoms with Crippen molar-refractivity contribution in [1.29, 1.82) is 5.26 Å². The minimum absolute atomic E-state index is 0.0849. The molecule has 0 amide bonds. The minimum Gasteiger partial charge on any atom is -0.397 e. The second-order valence-corrected chi connectivity index (χ2v) is 18.0. The van der Waals surface area contributed by atoms with E-state index < -0.39 is 31.1 Å². The number of hydrogen-bond donors (Lipinski definition) is 4. The second-order valence-electron chi connectivity index (χ2n) is 14.7. The number of nitrogens with two attached hydrogens (primary N) is 1. The summed E-state index contributed by atoms with van der Waals surface area (Å²) in [6.45, 7) is 2.41. The van der Waals surface area contributed by atoms with Crippen LogP contribution in [0.2, 0.25) is 0 Å². The third-order valence-corrected chi connectivity index (χ3v) is 12.2. The molecule has 6 atom stereocenters. The van der Waals surface area contributed by atoms with E-state index in [1.165, 1.54) is 107 Å². The zero-order valence-electron chi connectivity index (χ0n) is 32.2. The van der Waals surface area contributed by atoms with Crippen LogP contribution in [-0.2, 0) is 30.7 Å². The monoisotopic (exact) mass is 786 g/mol. The van der Waals surface area contributed by atoms with Gasteiger partial charge < -0.3 is 39.4 Å². The maximum absolute atomic E-state index is 11.1. The number of aromatic nitrogens is 2. The van der Waals surface area contributed by atoms with Gasteiger partial charge in [0, 0.05) is 6.20 Å². The van der Waals surface area contributed by atoms with Crippen LogP contribution in [0.4, 0.5) is 5.69 Å². The highest BCUT2D eigenvalue weighted by molar-refractivity contribution is 7.88. The molecule has 0 bridgehead atoms. The Morgan fingerprint density at radius 3 is 2.07 bits per heavy atom. The van der Waals surface area contributed by atoms with Crippen molar-refractivity contribution >= 4 is 27.0 Å². The number of unbranched alkanes of at least 4 members (excludes halogenated alkanes) is 16. The number of hydrogen-bond acceptors (Lipinski definition) is 9. The van der Waals surface area contributed by atoms with Crippen molar-refractivity contribution in [2.75, 3.05) is 18.9 Å². The third-order valence-electron chi connectivity index (χ3n) is 10.4. The van der Waals surface area contributed by atoms with Crippen molar-refractivity contribution < 1.29 is 33.6 Å². The van der Waals surface area contributed by atoms with E-state index in [0.717, 1.165) is 24.8 Å². The summed E-state index contributed by atoms with van der Waals surface area (Å²) in [4.78, 5) is 11.1. The Bertz CT molecular complexity index is 1590. The first-order chi connectivity index (χ1) is 26.2. The van der Waals surface area contributed by atoms with Crippen molar-refractivity contribution in [3.05, 3.63) is 66.0 Å². The van der Waals surface area contributed by atoms with Crippen molar-refractivity contribution in [3.63, 3.8) is 0 Å². The molecule has 13 heteroatoms. The quantitative estimate of drug-likeness (QED) is 0.0412. The molecule has 0 spiro atoms. The molecular formula is C41H64N4O7P2. The number of nitriles is 1. The molecule has 0 saturated carbocycles. The van der Waals surface area contributed by atoms with Gasteiger partial charge in [0.15, 0.2) is 0 Å². The van der Waals surface area contributed by atoms with Crippen molar-refractivity contribution in [1.82, 2.24) is 9.61 Å². The fraction of sp³-hybridized carbons (Fsp3) is 0.659. The average molecular weight is 787 g/mol. The van der Waals surface area contributed by atoms with Gasteiger partial charge in [0.1, 0.15) is 24.4 Å². The average Bonchev–Trinajstić information content (AvgIpc) is 3.72. The van der Waals surface area contributed by atoms with Gasteiger partial charge in [-0.05, 0) is 38.7 Å². The van der Waals surface area contributed by atoms with Gasteiger partial charge in [-0.15, -0.1) is 0 Å². The van der Waals surface area contributed by atoms with Gasteiger partial charge in [-0.1, -0.05) is 146 Å². The summed E-state index contributed by atoms with van der Waals surface area (Å²) in [5.74, 6) is 0. The maximum atomic E-state index is 11.1. The second kappa shape index (κ2) is 23.7. The summed E-state index contributed by atoms with van der Waals surface area (Å²) in [5.41, 5.74) is 6.32. The number of benzene rings is 1. The molecule has 1 aliphatic heterocycles. The first-order valence-electron chi connectivity index (χ1n) is 20.2. The molecule has 4 rings (SSSR count). The zero-order chi connectivity index (χ0) is 38.7. The highest BCUT2D eigenvalue weighted by atomic mass is 31.8. The lowest BCUT2D eigenvalue weighted by Crippen LogP contribution is -2.41.